The molecule has 2 aromatic rings. The van der Waals surface area contributed by atoms with Crippen molar-refractivity contribution in [2.75, 3.05) is 13.7 Å². The highest BCUT2D eigenvalue weighted by Crippen LogP contribution is 2.22. The number of carbonyl (C=O) groups excluding carboxylic acids is 1. The second-order valence-electron chi connectivity index (χ2n) is 5.07. The summed E-state index contributed by atoms with van der Waals surface area (Å²) in [7, 11) is -2.37. The van der Waals surface area contributed by atoms with Gasteiger partial charge in [0.15, 0.2) is 0 Å². The summed E-state index contributed by atoms with van der Waals surface area (Å²) in [5.74, 6) is -0.665. The van der Waals surface area contributed by atoms with Crippen molar-refractivity contribution >= 4 is 27.3 Å². The number of rotatable bonds is 6. The number of nitrogens with zero attached hydrogens (tertiary/aromatic N) is 1. The zero-order valence-corrected chi connectivity index (χ0v) is 14.7. The number of amides is 1. The third-order valence-electron chi connectivity index (χ3n) is 3.21. The highest BCUT2D eigenvalue weighted by Gasteiger charge is 2.23. The summed E-state index contributed by atoms with van der Waals surface area (Å²) in [4.78, 5) is 16.6. The monoisotopic (exact) mass is 354 g/mol. The molecule has 0 unspecified atom stereocenters. The molecule has 6 nitrogen and oxygen atoms in total. The van der Waals surface area contributed by atoms with Crippen molar-refractivity contribution in [3.63, 3.8) is 0 Å². The molecular weight excluding hydrogens is 336 g/mol. The van der Waals surface area contributed by atoms with Crippen LogP contribution >= 0.6 is 11.3 Å². The smallest absolute Gasteiger partial charge is 0.264 e. The van der Waals surface area contributed by atoms with Crippen LogP contribution in [0.25, 0.3) is 11.3 Å². The summed E-state index contributed by atoms with van der Waals surface area (Å²) in [6.07, 6.45) is 0. The Bertz CT molecular complexity index is 799. The fourth-order valence-corrected chi connectivity index (χ4v) is 3.44. The van der Waals surface area contributed by atoms with Crippen LogP contribution in [0.3, 0.4) is 0 Å². The van der Waals surface area contributed by atoms with Crippen molar-refractivity contribution in [3.8, 4) is 11.3 Å². The fourth-order valence-electron chi connectivity index (χ4n) is 1.93. The number of carbonyl (C=O) groups is 1. The number of hydrogen-bond donors (Lipinski definition) is 1. The fraction of sp³-hybridized carbons (Fsp3) is 0.333. The lowest BCUT2D eigenvalue weighted by atomic mass is 10.1. The molecule has 0 bridgehead atoms. The van der Waals surface area contributed by atoms with Crippen LogP contribution < -0.4 is 4.72 Å². The van der Waals surface area contributed by atoms with Crippen LogP contribution in [0.15, 0.2) is 29.6 Å². The molecule has 0 fully saturated rings. The third kappa shape index (κ3) is 4.37. The zero-order valence-electron chi connectivity index (χ0n) is 13.1. The van der Waals surface area contributed by atoms with Crippen LogP contribution in [-0.4, -0.2) is 38.3 Å². The molecule has 8 heteroatoms. The molecule has 1 aromatic heterocycles. The van der Waals surface area contributed by atoms with E-state index in [4.69, 9.17) is 4.74 Å². The lowest BCUT2D eigenvalue weighted by Gasteiger charge is -2.13. The van der Waals surface area contributed by atoms with E-state index < -0.39 is 21.2 Å². The Kier molecular flexibility index (Phi) is 5.51. The standard InChI is InChI=1S/C15H18N2O4S2/c1-10(8-21-3)23(19,20)17-15(18)13-6-4-5-12(7-13)14-9-22-11(2)16-14/h4-7,9-10H,8H2,1-3H3,(H,17,18)/t10-/m1/s1. The molecule has 1 atom stereocenters. The quantitative estimate of drug-likeness (QED) is 0.860. The van der Waals surface area contributed by atoms with Gasteiger partial charge in [-0.25, -0.2) is 18.1 Å². The number of nitrogens with one attached hydrogen (secondary N) is 1. The molecule has 1 amide bonds. The number of sulfonamides is 1. The Hall–Kier alpha value is -1.77. The molecule has 0 saturated heterocycles. The van der Waals surface area contributed by atoms with Crippen molar-refractivity contribution in [2.45, 2.75) is 19.1 Å². The maximum atomic E-state index is 12.2. The molecule has 0 aliphatic carbocycles. The third-order valence-corrected chi connectivity index (χ3v) is 5.64. The second-order valence-corrected chi connectivity index (χ2v) is 8.24. The minimum atomic E-state index is -3.78. The molecule has 0 aliphatic heterocycles. The molecule has 0 radical (unpaired) electrons. The summed E-state index contributed by atoms with van der Waals surface area (Å²) in [6.45, 7) is 3.39. The first-order chi connectivity index (χ1) is 10.8. The molecule has 2 rings (SSSR count). The SMILES string of the molecule is COC[C@@H](C)S(=O)(=O)NC(=O)c1cccc(-c2csc(C)n2)c1. The maximum Gasteiger partial charge on any atom is 0.264 e. The number of thiazole rings is 1. The average molecular weight is 354 g/mol. The van der Waals surface area contributed by atoms with Gasteiger partial charge in [0.1, 0.15) is 5.25 Å². The minimum absolute atomic E-state index is 0.0146. The van der Waals surface area contributed by atoms with Crippen molar-refractivity contribution in [1.29, 1.82) is 0 Å². The van der Waals surface area contributed by atoms with Crippen LogP contribution in [0, 0.1) is 6.92 Å². The van der Waals surface area contributed by atoms with Gasteiger partial charge in [0, 0.05) is 23.6 Å². The van der Waals surface area contributed by atoms with E-state index in [1.165, 1.54) is 25.4 Å². The van der Waals surface area contributed by atoms with Gasteiger partial charge in [0.2, 0.25) is 10.0 Å². The Morgan fingerprint density at radius 1 is 1.43 bits per heavy atom. The summed E-state index contributed by atoms with van der Waals surface area (Å²) >= 11 is 1.51. The van der Waals surface area contributed by atoms with E-state index >= 15 is 0 Å². The van der Waals surface area contributed by atoms with Crippen LogP contribution in [-0.2, 0) is 14.8 Å². The predicted molar refractivity (Wildman–Crippen MR) is 90.0 cm³/mol. The zero-order chi connectivity index (χ0) is 17.0. The molecule has 0 spiro atoms. The van der Waals surface area contributed by atoms with E-state index in [0.717, 1.165) is 16.3 Å². The summed E-state index contributed by atoms with van der Waals surface area (Å²) in [5, 5.41) is 2.00. The number of aromatic nitrogens is 1. The lowest BCUT2D eigenvalue weighted by Crippen LogP contribution is -2.39. The highest BCUT2D eigenvalue weighted by molar-refractivity contribution is 7.90. The Morgan fingerprint density at radius 2 is 2.17 bits per heavy atom. The van der Waals surface area contributed by atoms with Crippen LogP contribution in [0.2, 0.25) is 0 Å². The molecule has 23 heavy (non-hydrogen) atoms. The van der Waals surface area contributed by atoms with E-state index in [2.05, 4.69) is 9.71 Å². The summed E-state index contributed by atoms with van der Waals surface area (Å²) in [6, 6.07) is 6.71. The number of benzene rings is 1. The van der Waals surface area contributed by atoms with Crippen LogP contribution in [0.1, 0.15) is 22.3 Å². The van der Waals surface area contributed by atoms with Gasteiger partial charge in [-0.15, -0.1) is 11.3 Å². The van der Waals surface area contributed by atoms with E-state index in [1.807, 2.05) is 18.4 Å². The van der Waals surface area contributed by atoms with Gasteiger partial charge in [-0.1, -0.05) is 12.1 Å². The molecule has 1 heterocycles. The predicted octanol–water partition coefficient (Wildman–Crippen LogP) is 2.21. The first-order valence-electron chi connectivity index (χ1n) is 6.91. The van der Waals surface area contributed by atoms with Gasteiger partial charge in [0.25, 0.3) is 5.91 Å². The lowest BCUT2D eigenvalue weighted by molar-refractivity contribution is 0.0980. The van der Waals surface area contributed by atoms with Gasteiger partial charge in [-0.05, 0) is 26.0 Å². The van der Waals surface area contributed by atoms with Crippen molar-refractivity contribution in [1.82, 2.24) is 9.71 Å². The van der Waals surface area contributed by atoms with Crippen molar-refractivity contribution in [3.05, 3.63) is 40.2 Å². The minimum Gasteiger partial charge on any atom is -0.383 e. The summed E-state index contributed by atoms with van der Waals surface area (Å²) in [5.41, 5.74) is 1.79. The van der Waals surface area contributed by atoms with Gasteiger partial charge in [-0.2, -0.15) is 0 Å². The van der Waals surface area contributed by atoms with E-state index in [0.29, 0.717) is 0 Å². The summed E-state index contributed by atoms with van der Waals surface area (Å²) < 4.78 is 31.0. The second kappa shape index (κ2) is 7.20. The first kappa shape index (κ1) is 17.6. The Balaban J connectivity index is 2.20. The molecule has 0 saturated carbocycles. The maximum absolute atomic E-state index is 12.2. The first-order valence-corrected chi connectivity index (χ1v) is 9.33. The van der Waals surface area contributed by atoms with E-state index in [1.54, 1.807) is 18.2 Å². The number of aryl methyl sites for hydroxylation is 1. The topological polar surface area (TPSA) is 85.4 Å². The number of ether oxygens (including phenoxy) is 1. The Morgan fingerprint density at radius 3 is 2.78 bits per heavy atom. The highest BCUT2D eigenvalue weighted by atomic mass is 32.2. The molecule has 1 aromatic carbocycles. The van der Waals surface area contributed by atoms with Crippen molar-refractivity contribution in [2.24, 2.45) is 0 Å². The number of methoxy groups -OCH3 is 1. The number of hydrogen-bond acceptors (Lipinski definition) is 6. The Labute approximate surface area is 139 Å². The largest absolute Gasteiger partial charge is 0.383 e. The van der Waals surface area contributed by atoms with E-state index in [9.17, 15) is 13.2 Å². The van der Waals surface area contributed by atoms with Gasteiger partial charge >= 0.3 is 0 Å². The van der Waals surface area contributed by atoms with Gasteiger partial charge in [-0.3, -0.25) is 4.79 Å². The van der Waals surface area contributed by atoms with Gasteiger partial charge < -0.3 is 4.74 Å². The van der Waals surface area contributed by atoms with Crippen LogP contribution in [0.5, 0.6) is 0 Å². The molecule has 124 valence electrons. The normalized spacial score (nSPS) is 12.8. The van der Waals surface area contributed by atoms with Gasteiger partial charge in [0.05, 0.1) is 17.3 Å². The average Bonchev–Trinajstić information content (AvgIpc) is 2.94. The molecule has 0 aliphatic rings. The van der Waals surface area contributed by atoms with Crippen molar-refractivity contribution < 1.29 is 17.9 Å². The van der Waals surface area contributed by atoms with E-state index in [-0.39, 0.29) is 12.2 Å². The molecule has 1 N–H and O–H groups in total. The van der Waals surface area contributed by atoms with Crippen LogP contribution in [0.4, 0.5) is 0 Å². The molecular formula is C15H18N2O4S2.